The lowest BCUT2D eigenvalue weighted by Gasteiger charge is -2.12. The van der Waals surface area contributed by atoms with Crippen LogP contribution in [0.4, 0.5) is 0 Å². The Morgan fingerprint density at radius 2 is 1.90 bits per heavy atom. The van der Waals surface area contributed by atoms with Gasteiger partial charge in [-0.3, -0.25) is 9.78 Å². The first-order valence-electron chi connectivity index (χ1n) is 10.3. The van der Waals surface area contributed by atoms with Crippen molar-refractivity contribution in [2.75, 3.05) is 12.8 Å². The van der Waals surface area contributed by atoms with E-state index in [4.69, 9.17) is 0 Å². The lowest BCUT2D eigenvalue weighted by atomic mass is 10.1. The maximum Gasteiger partial charge on any atom is 0.253 e. The quantitative estimate of drug-likeness (QED) is 0.408. The van der Waals surface area contributed by atoms with Gasteiger partial charge in [0.05, 0.1) is 17.0 Å². The molecule has 1 amide bonds. The topological polar surface area (TPSA) is 72.7 Å². The molecule has 3 aromatic rings. The van der Waals surface area contributed by atoms with Crippen molar-refractivity contribution >= 4 is 17.7 Å². The fourth-order valence-corrected chi connectivity index (χ4v) is 3.84. The molecule has 6 nitrogen and oxygen atoms in total. The highest BCUT2D eigenvalue weighted by atomic mass is 32.2. The van der Waals surface area contributed by atoms with E-state index in [1.54, 1.807) is 11.8 Å². The second kappa shape index (κ2) is 10.4. The highest BCUT2D eigenvalue weighted by Crippen LogP contribution is 2.19. The molecule has 1 aromatic carbocycles. The Morgan fingerprint density at radius 3 is 2.57 bits per heavy atom. The number of benzene rings is 1. The van der Waals surface area contributed by atoms with E-state index in [-0.39, 0.29) is 5.91 Å². The Morgan fingerprint density at radius 1 is 1.13 bits per heavy atom. The summed E-state index contributed by atoms with van der Waals surface area (Å²) in [5.41, 5.74) is 3.26. The van der Waals surface area contributed by atoms with E-state index < -0.39 is 0 Å². The van der Waals surface area contributed by atoms with Gasteiger partial charge in [-0.15, -0.1) is 10.2 Å². The summed E-state index contributed by atoms with van der Waals surface area (Å²) in [5.74, 6) is 1.42. The first-order valence-corrected chi connectivity index (χ1v) is 11.5. The Kier molecular flexibility index (Phi) is 7.63. The minimum absolute atomic E-state index is 0.0898. The highest BCUT2D eigenvalue weighted by molar-refractivity contribution is 7.98. The summed E-state index contributed by atoms with van der Waals surface area (Å²) in [6.07, 6.45) is 3.61. The molecule has 0 bridgehead atoms. The van der Waals surface area contributed by atoms with Crippen LogP contribution in [0.5, 0.6) is 0 Å². The van der Waals surface area contributed by atoms with Gasteiger partial charge in [0.15, 0.2) is 5.16 Å². The third-order valence-corrected chi connectivity index (χ3v) is 5.45. The van der Waals surface area contributed by atoms with Gasteiger partial charge in [-0.1, -0.05) is 55.9 Å². The van der Waals surface area contributed by atoms with E-state index >= 15 is 0 Å². The number of hydrogen-bond acceptors (Lipinski definition) is 5. The summed E-state index contributed by atoms with van der Waals surface area (Å²) in [5, 5.41) is 12.6. The average molecular weight is 424 g/mol. The van der Waals surface area contributed by atoms with Crippen LogP contribution in [-0.2, 0) is 13.0 Å². The number of hydrogen-bond donors (Lipinski definition) is 1. The second-order valence-electron chi connectivity index (χ2n) is 7.66. The molecule has 0 aliphatic carbocycles. The number of rotatable bonds is 9. The molecule has 0 fully saturated rings. The number of nitrogens with zero attached hydrogens (tertiary/aromatic N) is 4. The SMILES string of the molecule is CSc1nnc(CCCNC(=O)c2ccc(-c3ccccc3)nc2C)n1CC(C)C. The lowest BCUT2D eigenvalue weighted by Crippen LogP contribution is -2.26. The summed E-state index contributed by atoms with van der Waals surface area (Å²) in [7, 11) is 0. The molecule has 0 unspecified atom stereocenters. The zero-order chi connectivity index (χ0) is 21.5. The predicted octanol–water partition coefficient (Wildman–Crippen LogP) is 4.39. The van der Waals surface area contributed by atoms with Crippen LogP contribution in [0.3, 0.4) is 0 Å². The molecule has 3 rings (SSSR count). The maximum absolute atomic E-state index is 12.6. The molecular formula is C23H29N5OS. The van der Waals surface area contributed by atoms with Gasteiger partial charge in [-0.2, -0.15) is 0 Å². The van der Waals surface area contributed by atoms with Crippen LogP contribution in [0.1, 0.15) is 42.1 Å². The Balaban J connectivity index is 1.56. The van der Waals surface area contributed by atoms with Crippen molar-refractivity contribution in [3.63, 3.8) is 0 Å². The minimum Gasteiger partial charge on any atom is -0.352 e. The van der Waals surface area contributed by atoms with Crippen LogP contribution in [0.2, 0.25) is 0 Å². The normalized spacial score (nSPS) is 11.1. The molecule has 1 N–H and O–H groups in total. The first kappa shape index (κ1) is 22.0. The largest absolute Gasteiger partial charge is 0.352 e. The molecule has 2 heterocycles. The third kappa shape index (κ3) is 5.48. The molecule has 30 heavy (non-hydrogen) atoms. The number of aromatic nitrogens is 4. The van der Waals surface area contributed by atoms with Gasteiger partial charge in [-0.05, 0) is 37.7 Å². The van der Waals surface area contributed by atoms with Gasteiger partial charge >= 0.3 is 0 Å². The van der Waals surface area contributed by atoms with Crippen molar-refractivity contribution in [2.45, 2.75) is 45.3 Å². The summed E-state index contributed by atoms with van der Waals surface area (Å²) < 4.78 is 2.19. The Labute approximate surface area is 182 Å². The van der Waals surface area contributed by atoms with Gasteiger partial charge in [0.25, 0.3) is 5.91 Å². The Bertz CT molecular complexity index is 985. The van der Waals surface area contributed by atoms with Crippen LogP contribution in [0.25, 0.3) is 11.3 Å². The molecule has 0 radical (unpaired) electrons. The molecule has 2 aromatic heterocycles. The summed E-state index contributed by atoms with van der Waals surface area (Å²) in [6, 6.07) is 13.7. The van der Waals surface area contributed by atoms with Crippen LogP contribution >= 0.6 is 11.8 Å². The number of thioether (sulfide) groups is 1. The fraction of sp³-hybridized carbons (Fsp3) is 0.391. The van der Waals surface area contributed by atoms with Crippen molar-refractivity contribution in [3.05, 3.63) is 59.5 Å². The van der Waals surface area contributed by atoms with Crippen LogP contribution < -0.4 is 5.32 Å². The van der Waals surface area contributed by atoms with E-state index in [1.807, 2.05) is 55.6 Å². The molecule has 0 atom stereocenters. The minimum atomic E-state index is -0.0898. The smallest absolute Gasteiger partial charge is 0.253 e. The molecular weight excluding hydrogens is 394 g/mol. The molecule has 0 saturated carbocycles. The van der Waals surface area contributed by atoms with Crippen LogP contribution in [0, 0.1) is 12.8 Å². The van der Waals surface area contributed by atoms with E-state index in [0.29, 0.717) is 18.0 Å². The summed E-state index contributed by atoms with van der Waals surface area (Å²) in [6.45, 7) is 7.74. The molecule has 0 saturated heterocycles. The summed E-state index contributed by atoms with van der Waals surface area (Å²) >= 11 is 1.61. The molecule has 0 aliphatic heterocycles. The predicted molar refractivity (Wildman–Crippen MR) is 122 cm³/mol. The van der Waals surface area contributed by atoms with Crippen molar-refractivity contribution < 1.29 is 4.79 Å². The third-order valence-electron chi connectivity index (χ3n) is 4.79. The lowest BCUT2D eigenvalue weighted by molar-refractivity contribution is 0.0952. The van der Waals surface area contributed by atoms with Crippen molar-refractivity contribution in [1.82, 2.24) is 25.1 Å². The average Bonchev–Trinajstić information content (AvgIpc) is 3.12. The van der Waals surface area contributed by atoms with Gasteiger partial charge in [0.1, 0.15) is 5.82 Å². The molecule has 0 aliphatic rings. The highest BCUT2D eigenvalue weighted by Gasteiger charge is 2.14. The van der Waals surface area contributed by atoms with Gasteiger partial charge in [0.2, 0.25) is 0 Å². The number of carbonyl (C=O) groups is 1. The van der Waals surface area contributed by atoms with Gasteiger partial charge in [-0.25, -0.2) is 0 Å². The van der Waals surface area contributed by atoms with Gasteiger partial charge in [0, 0.05) is 25.1 Å². The van der Waals surface area contributed by atoms with E-state index in [1.165, 1.54) is 0 Å². The maximum atomic E-state index is 12.6. The molecule has 7 heteroatoms. The zero-order valence-electron chi connectivity index (χ0n) is 18.1. The standard InChI is InChI=1S/C23H29N5OS/c1-16(2)15-28-21(26-27-23(28)30-4)11-8-14-24-22(29)19-12-13-20(25-17(19)3)18-9-6-5-7-10-18/h5-7,9-10,12-13,16H,8,11,14-15H2,1-4H3,(H,24,29). The number of nitrogens with one attached hydrogen (secondary N) is 1. The number of pyridine rings is 1. The van der Waals surface area contributed by atoms with E-state index in [2.05, 4.69) is 38.9 Å². The van der Waals surface area contributed by atoms with Crippen molar-refractivity contribution in [2.24, 2.45) is 5.92 Å². The monoisotopic (exact) mass is 423 g/mol. The zero-order valence-corrected chi connectivity index (χ0v) is 18.9. The van der Waals surface area contributed by atoms with E-state index in [0.717, 1.165) is 47.3 Å². The first-order chi connectivity index (χ1) is 14.5. The van der Waals surface area contributed by atoms with Crippen LogP contribution in [0.15, 0.2) is 47.6 Å². The molecule has 158 valence electrons. The number of amides is 1. The van der Waals surface area contributed by atoms with E-state index in [9.17, 15) is 4.79 Å². The van der Waals surface area contributed by atoms with Gasteiger partial charge < -0.3 is 9.88 Å². The number of aryl methyl sites for hydroxylation is 2. The second-order valence-corrected chi connectivity index (χ2v) is 8.44. The van der Waals surface area contributed by atoms with Crippen molar-refractivity contribution in [1.29, 1.82) is 0 Å². The summed E-state index contributed by atoms with van der Waals surface area (Å²) in [4.78, 5) is 17.2. The number of carbonyl (C=O) groups excluding carboxylic acids is 1. The Hall–Kier alpha value is -2.67. The fourth-order valence-electron chi connectivity index (χ4n) is 3.32. The molecule has 0 spiro atoms. The van der Waals surface area contributed by atoms with Crippen molar-refractivity contribution in [3.8, 4) is 11.3 Å². The van der Waals surface area contributed by atoms with Crippen LogP contribution in [-0.4, -0.2) is 38.5 Å².